The topological polar surface area (TPSA) is 57.5 Å². The van der Waals surface area contributed by atoms with Crippen molar-refractivity contribution in [3.63, 3.8) is 0 Å². The predicted molar refractivity (Wildman–Crippen MR) is 96.2 cm³/mol. The third kappa shape index (κ3) is 5.29. The molecule has 0 saturated heterocycles. The Morgan fingerprint density at radius 2 is 1.62 bits per heavy atom. The molecule has 0 saturated carbocycles. The van der Waals surface area contributed by atoms with Gasteiger partial charge in [-0.25, -0.2) is 0 Å². The third-order valence-corrected chi connectivity index (χ3v) is 4.19. The number of rotatable bonds is 9. The standard InChI is InChI=1S/C21H26O3/c1-2-3-12-18(22)15-19(23)14-17-11-7-8-13-20(17)21(24)16-9-5-4-6-10-16/h4-11,13,18-19,22-23H,2-3,12,14-15H2,1H3. The molecule has 0 spiro atoms. The highest BCUT2D eigenvalue weighted by atomic mass is 16.3. The Hall–Kier alpha value is -1.97. The SMILES string of the molecule is CCCCC(O)CC(O)Cc1ccccc1C(=O)c1ccccc1. The van der Waals surface area contributed by atoms with Crippen LogP contribution in [0.3, 0.4) is 0 Å². The minimum Gasteiger partial charge on any atom is -0.393 e. The zero-order valence-electron chi connectivity index (χ0n) is 14.2. The largest absolute Gasteiger partial charge is 0.393 e. The quantitative estimate of drug-likeness (QED) is 0.690. The van der Waals surface area contributed by atoms with Crippen molar-refractivity contribution in [2.45, 2.75) is 51.2 Å². The van der Waals surface area contributed by atoms with Crippen molar-refractivity contribution >= 4 is 5.78 Å². The number of aliphatic hydroxyl groups is 2. The molecule has 0 aliphatic heterocycles. The van der Waals surface area contributed by atoms with Gasteiger partial charge in [0, 0.05) is 11.1 Å². The van der Waals surface area contributed by atoms with Gasteiger partial charge in [0.2, 0.25) is 0 Å². The van der Waals surface area contributed by atoms with Crippen molar-refractivity contribution < 1.29 is 15.0 Å². The normalized spacial score (nSPS) is 13.5. The van der Waals surface area contributed by atoms with E-state index in [0.29, 0.717) is 30.4 Å². The second-order valence-electron chi connectivity index (χ2n) is 6.24. The van der Waals surface area contributed by atoms with E-state index in [9.17, 15) is 15.0 Å². The monoisotopic (exact) mass is 326 g/mol. The third-order valence-electron chi connectivity index (χ3n) is 4.19. The molecule has 2 aromatic rings. The van der Waals surface area contributed by atoms with E-state index in [1.165, 1.54) is 0 Å². The lowest BCUT2D eigenvalue weighted by molar-refractivity contribution is 0.0745. The zero-order chi connectivity index (χ0) is 17.4. The maximum atomic E-state index is 12.7. The van der Waals surface area contributed by atoms with Crippen molar-refractivity contribution in [3.05, 3.63) is 71.3 Å². The highest BCUT2D eigenvalue weighted by Gasteiger charge is 2.17. The van der Waals surface area contributed by atoms with Gasteiger partial charge >= 0.3 is 0 Å². The van der Waals surface area contributed by atoms with Gasteiger partial charge in [-0.15, -0.1) is 0 Å². The van der Waals surface area contributed by atoms with Crippen LogP contribution in [0.5, 0.6) is 0 Å². The molecule has 0 bridgehead atoms. The lowest BCUT2D eigenvalue weighted by atomic mass is 9.93. The average molecular weight is 326 g/mol. The first kappa shape index (κ1) is 18.4. The first-order chi connectivity index (χ1) is 11.6. The number of ketones is 1. The van der Waals surface area contributed by atoms with Crippen molar-refractivity contribution in [2.75, 3.05) is 0 Å². The minimum absolute atomic E-state index is 0.0371. The Morgan fingerprint density at radius 1 is 0.958 bits per heavy atom. The average Bonchev–Trinajstić information content (AvgIpc) is 2.60. The molecular formula is C21H26O3. The Bertz CT molecular complexity index is 637. The maximum absolute atomic E-state index is 12.7. The van der Waals surface area contributed by atoms with Crippen LogP contribution >= 0.6 is 0 Å². The van der Waals surface area contributed by atoms with Gasteiger partial charge < -0.3 is 10.2 Å². The number of benzene rings is 2. The minimum atomic E-state index is -0.651. The van der Waals surface area contributed by atoms with Gasteiger partial charge in [0.1, 0.15) is 0 Å². The van der Waals surface area contributed by atoms with E-state index in [2.05, 4.69) is 6.92 Å². The fourth-order valence-electron chi connectivity index (χ4n) is 2.87. The Kier molecular flexibility index (Phi) is 7.16. The second kappa shape index (κ2) is 9.36. The van der Waals surface area contributed by atoms with Crippen LogP contribution in [0.15, 0.2) is 54.6 Å². The van der Waals surface area contributed by atoms with E-state index in [1.54, 1.807) is 18.2 Å². The van der Waals surface area contributed by atoms with Gasteiger partial charge in [0.15, 0.2) is 5.78 Å². The van der Waals surface area contributed by atoms with Crippen LogP contribution in [0.1, 0.15) is 54.1 Å². The van der Waals surface area contributed by atoms with Crippen LogP contribution in [0.4, 0.5) is 0 Å². The molecule has 0 aromatic heterocycles. The fourth-order valence-corrected chi connectivity index (χ4v) is 2.87. The second-order valence-corrected chi connectivity index (χ2v) is 6.24. The number of hydrogen-bond acceptors (Lipinski definition) is 3. The first-order valence-corrected chi connectivity index (χ1v) is 8.65. The van der Waals surface area contributed by atoms with Crippen LogP contribution in [0.25, 0.3) is 0 Å². The van der Waals surface area contributed by atoms with Gasteiger partial charge in [-0.1, -0.05) is 74.4 Å². The Morgan fingerprint density at radius 3 is 2.33 bits per heavy atom. The summed E-state index contributed by atoms with van der Waals surface area (Å²) in [6.07, 6.45) is 2.26. The maximum Gasteiger partial charge on any atom is 0.193 e. The summed E-state index contributed by atoms with van der Waals surface area (Å²) < 4.78 is 0. The van der Waals surface area contributed by atoms with Gasteiger partial charge in [-0.3, -0.25) is 4.79 Å². The molecule has 0 heterocycles. The van der Waals surface area contributed by atoms with Crippen molar-refractivity contribution in [1.82, 2.24) is 0 Å². The number of carbonyl (C=O) groups excluding carboxylic acids is 1. The van der Waals surface area contributed by atoms with E-state index in [0.717, 1.165) is 18.4 Å². The highest BCUT2D eigenvalue weighted by Crippen LogP contribution is 2.18. The van der Waals surface area contributed by atoms with Crippen LogP contribution in [0, 0.1) is 0 Å². The van der Waals surface area contributed by atoms with Crippen molar-refractivity contribution in [3.8, 4) is 0 Å². The van der Waals surface area contributed by atoms with E-state index >= 15 is 0 Å². The summed E-state index contributed by atoms with van der Waals surface area (Å²) in [7, 11) is 0. The van der Waals surface area contributed by atoms with Gasteiger partial charge in [-0.2, -0.15) is 0 Å². The molecule has 2 aromatic carbocycles. The smallest absolute Gasteiger partial charge is 0.193 e. The first-order valence-electron chi connectivity index (χ1n) is 8.65. The molecular weight excluding hydrogens is 300 g/mol. The summed E-state index contributed by atoms with van der Waals surface area (Å²) in [6.45, 7) is 2.08. The molecule has 24 heavy (non-hydrogen) atoms. The number of aliphatic hydroxyl groups excluding tert-OH is 2. The molecule has 0 fully saturated rings. The van der Waals surface area contributed by atoms with Gasteiger partial charge in [0.25, 0.3) is 0 Å². The highest BCUT2D eigenvalue weighted by molar-refractivity contribution is 6.09. The van der Waals surface area contributed by atoms with Crippen molar-refractivity contribution in [2.24, 2.45) is 0 Å². The Balaban J connectivity index is 2.07. The number of hydrogen-bond donors (Lipinski definition) is 2. The predicted octanol–water partition coefficient (Wildman–Crippen LogP) is 3.76. The van der Waals surface area contributed by atoms with Crippen LogP contribution < -0.4 is 0 Å². The summed E-state index contributed by atoms with van der Waals surface area (Å²) >= 11 is 0. The summed E-state index contributed by atoms with van der Waals surface area (Å²) in [6, 6.07) is 16.5. The van der Waals surface area contributed by atoms with Gasteiger partial charge in [-0.05, 0) is 24.8 Å². The van der Waals surface area contributed by atoms with Crippen LogP contribution in [-0.4, -0.2) is 28.2 Å². The molecule has 2 atom stereocenters. The number of carbonyl (C=O) groups is 1. The van der Waals surface area contributed by atoms with E-state index in [4.69, 9.17) is 0 Å². The molecule has 0 amide bonds. The molecule has 128 valence electrons. The number of unbranched alkanes of at least 4 members (excludes halogenated alkanes) is 1. The zero-order valence-corrected chi connectivity index (χ0v) is 14.2. The van der Waals surface area contributed by atoms with E-state index < -0.39 is 12.2 Å². The molecule has 2 unspecified atom stereocenters. The van der Waals surface area contributed by atoms with Crippen molar-refractivity contribution in [1.29, 1.82) is 0 Å². The molecule has 0 aliphatic carbocycles. The summed E-state index contributed by atoms with van der Waals surface area (Å²) in [5.74, 6) is -0.0371. The van der Waals surface area contributed by atoms with Crippen LogP contribution in [-0.2, 0) is 6.42 Å². The molecule has 2 rings (SSSR count). The molecule has 3 heteroatoms. The fraction of sp³-hybridized carbons (Fsp3) is 0.381. The van der Waals surface area contributed by atoms with Crippen LogP contribution in [0.2, 0.25) is 0 Å². The van der Waals surface area contributed by atoms with E-state index in [1.807, 2.05) is 36.4 Å². The van der Waals surface area contributed by atoms with Gasteiger partial charge in [0.05, 0.1) is 12.2 Å². The summed E-state index contributed by atoms with van der Waals surface area (Å²) in [5, 5.41) is 20.2. The van der Waals surface area contributed by atoms with E-state index in [-0.39, 0.29) is 5.78 Å². The lowest BCUT2D eigenvalue weighted by Gasteiger charge is -2.17. The molecule has 0 aliphatic rings. The molecule has 2 N–H and O–H groups in total. The Labute approximate surface area is 144 Å². The molecule has 0 radical (unpaired) electrons. The summed E-state index contributed by atoms with van der Waals surface area (Å²) in [4.78, 5) is 12.7. The summed E-state index contributed by atoms with van der Waals surface area (Å²) in [5.41, 5.74) is 2.08. The molecule has 3 nitrogen and oxygen atoms in total. The lowest BCUT2D eigenvalue weighted by Crippen LogP contribution is -2.21.